The van der Waals surface area contributed by atoms with Gasteiger partial charge in [0.1, 0.15) is 6.10 Å². The molecule has 4 aromatic rings. The predicted octanol–water partition coefficient (Wildman–Crippen LogP) is 4.01. The van der Waals surface area contributed by atoms with E-state index in [1.165, 1.54) is 0 Å². The number of nitrogens with one attached hydrogen (secondary N) is 1. The number of benzene rings is 1. The minimum Gasteiger partial charge on any atom is -0.476 e. The zero-order chi connectivity index (χ0) is 24.1. The Morgan fingerprint density at radius 1 is 1.17 bits per heavy atom. The highest BCUT2D eigenvalue weighted by atomic mass is 16.5. The van der Waals surface area contributed by atoms with E-state index < -0.39 is 0 Å². The number of hydrogen-bond donors (Lipinski definition) is 1. The van der Waals surface area contributed by atoms with Crippen LogP contribution in [0.4, 0.5) is 0 Å². The smallest absolute Gasteiger partial charge is 0.240 e. The van der Waals surface area contributed by atoms with Crippen molar-refractivity contribution in [1.82, 2.24) is 34.7 Å². The van der Waals surface area contributed by atoms with E-state index in [-0.39, 0.29) is 6.10 Å². The maximum atomic E-state index is 6.64. The standard InChI is InChI=1S/C26H31N7O2/c1-5-34-25-19-9-11-23-20-12-17(7-10-22(20)28-29-23)21-13-27-32(4)26(21)35-18-8-6-16(2)33(14-18)15-24(19)31(3)30-25/h7,9-13,16,18H,5-6,8,14-15H2,1-4H3,(H,28,29)/b11-9+/t16-,18+/m1/s1. The van der Waals surface area contributed by atoms with E-state index in [0.29, 0.717) is 18.5 Å². The molecule has 0 aliphatic carbocycles. The van der Waals surface area contributed by atoms with Crippen molar-refractivity contribution in [2.75, 3.05) is 13.2 Å². The Morgan fingerprint density at radius 2 is 2.06 bits per heavy atom. The number of aryl methyl sites for hydroxylation is 2. The maximum absolute atomic E-state index is 6.64. The van der Waals surface area contributed by atoms with Crippen molar-refractivity contribution in [2.24, 2.45) is 14.1 Å². The molecule has 1 unspecified atom stereocenters. The van der Waals surface area contributed by atoms with Gasteiger partial charge in [-0.3, -0.25) is 14.7 Å². The first-order valence-electron chi connectivity index (χ1n) is 12.3. The fourth-order valence-corrected chi connectivity index (χ4v) is 5.21. The summed E-state index contributed by atoms with van der Waals surface area (Å²) in [4.78, 5) is 2.49. The van der Waals surface area contributed by atoms with Gasteiger partial charge in [-0.05, 0) is 56.5 Å². The van der Waals surface area contributed by atoms with Crippen LogP contribution in [0.3, 0.4) is 0 Å². The van der Waals surface area contributed by atoms with E-state index in [9.17, 15) is 0 Å². The van der Waals surface area contributed by atoms with Crippen LogP contribution in [0.5, 0.6) is 11.8 Å². The first kappa shape index (κ1) is 21.9. The quantitative estimate of drug-likeness (QED) is 0.473. The van der Waals surface area contributed by atoms with Crippen LogP contribution in [0.15, 0.2) is 24.4 Å². The second kappa shape index (κ2) is 8.57. The van der Waals surface area contributed by atoms with Gasteiger partial charge in [0.2, 0.25) is 11.8 Å². The van der Waals surface area contributed by atoms with Gasteiger partial charge in [0.05, 0.1) is 40.8 Å². The molecule has 2 aliphatic rings. The van der Waals surface area contributed by atoms with Gasteiger partial charge in [-0.1, -0.05) is 6.07 Å². The monoisotopic (exact) mass is 473 g/mol. The average molecular weight is 474 g/mol. The summed E-state index contributed by atoms with van der Waals surface area (Å²) >= 11 is 0. The van der Waals surface area contributed by atoms with Gasteiger partial charge in [0.25, 0.3) is 0 Å². The summed E-state index contributed by atoms with van der Waals surface area (Å²) in [5.41, 5.74) is 6.03. The van der Waals surface area contributed by atoms with Gasteiger partial charge in [0.15, 0.2) is 0 Å². The molecule has 2 aliphatic heterocycles. The zero-order valence-corrected chi connectivity index (χ0v) is 20.7. The SMILES string of the molecule is CCOc1nn(C)c2c1/C=C/c1n[nH]c3ccc(cc13)-c1cnn(C)c1O[C@H]1CC[C@@H](C)N(C2)C1. The highest BCUT2D eigenvalue weighted by Crippen LogP contribution is 2.35. The van der Waals surface area contributed by atoms with E-state index >= 15 is 0 Å². The summed E-state index contributed by atoms with van der Waals surface area (Å²) in [6, 6.07) is 6.76. The fourth-order valence-electron chi connectivity index (χ4n) is 5.21. The van der Waals surface area contributed by atoms with Crippen LogP contribution in [-0.2, 0) is 20.6 Å². The predicted molar refractivity (Wildman–Crippen MR) is 135 cm³/mol. The molecule has 0 saturated carbocycles. The van der Waals surface area contributed by atoms with Crippen molar-refractivity contribution in [3.8, 4) is 22.9 Å². The number of rotatable bonds is 2. The Morgan fingerprint density at radius 3 is 2.91 bits per heavy atom. The van der Waals surface area contributed by atoms with Gasteiger partial charge >= 0.3 is 0 Å². The maximum Gasteiger partial charge on any atom is 0.240 e. The molecular weight excluding hydrogens is 442 g/mol. The van der Waals surface area contributed by atoms with Gasteiger partial charge in [-0.25, -0.2) is 4.68 Å². The van der Waals surface area contributed by atoms with Crippen LogP contribution < -0.4 is 9.47 Å². The second-order valence-electron chi connectivity index (χ2n) is 9.51. The molecule has 9 heteroatoms. The third-order valence-electron chi connectivity index (χ3n) is 7.25. The molecule has 4 bridgehead atoms. The van der Waals surface area contributed by atoms with E-state index in [4.69, 9.17) is 14.6 Å². The van der Waals surface area contributed by atoms with Crippen LogP contribution in [0.25, 0.3) is 34.2 Å². The minimum atomic E-state index is 0.0808. The number of aromatic nitrogens is 6. The summed E-state index contributed by atoms with van der Waals surface area (Å²) in [6.07, 6.45) is 8.19. The summed E-state index contributed by atoms with van der Waals surface area (Å²) in [7, 11) is 3.93. The Kier molecular flexibility index (Phi) is 5.36. The molecule has 3 aromatic heterocycles. The molecule has 9 nitrogen and oxygen atoms in total. The van der Waals surface area contributed by atoms with Crippen molar-refractivity contribution in [3.63, 3.8) is 0 Å². The molecule has 6 rings (SSSR count). The van der Waals surface area contributed by atoms with Gasteiger partial charge in [0, 0.05) is 38.6 Å². The van der Waals surface area contributed by atoms with Crippen LogP contribution in [-0.4, -0.2) is 60.0 Å². The van der Waals surface area contributed by atoms with Gasteiger partial charge in [-0.2, -0.15) is 10.2 Å². The summed E-state index contributed by atoms with van der Waals surface area (Å²) in [5, 5.41) is 18.0. The van der Waals surface area contributed by atoms with Gasteiger partial charge < -0.3 is 9.47 Å². The summed E-state index contributed by atoms with van der Waals surface area (Å²) < 4.78 is 16.3. The zero-order valence-electron chi connectivity index (χ0n) is 20.7. The van der Waals surface area contributed by atoms with Crippen LogP contribution in [0.2, 0.25) is 0 Å². The van der Waals surface area contributed by atoms with Crippen LogP contribution in [0.1, 0.15) is 43.6 Å². The van der Waals surface area contributed by atoms with Crippen molar-refractivity contribution in [2.45, 2.75) is 45.4 Å². The minimum absolute atomic E-state index is 0.0808. The lowest BCUT2D eigenvalue weighted by Gasteiger charge is -2.38. The molecule has 0 amide bonds. The molecule has 1 aromatic carbocycles. The van der Waals surface area contributed by atoms with E-state index in [1.807, 2.05) is 42.7 Å². The van der Waals surface area contributed by atoms with Crippen LogP contribution >= 0.6 is 0 Å². The lowest BCUT2D eigenvalue weighted by Crippen LogP contribution is -2.46. The Bertz CT molecular complexity index is 1410. The van der Waals surface area contributed by atoms with E-state index in [0.717, 1.165) is 70.8 Å². The molecule has 1 saturated heterocycles. The van der Waals surface area contributed by atoms with Crippen molar-refractivity contribution >= 4 is 23.1 Å². The van der Waals surface area contributed by atoms with Gasteiger partial charge in [-0.15, -0.1) is 5.10 Å². The first-order chi connectivity index (χ1) is 17.0. The Hall–Kier alpha value is -3.59. The molecule has 35 heavy (non-hydrogen) atoms. The summed E-state index contributed by atoms with van der Waals surface area (Å²) in [6.45, 7) is 6.45. The number of piperidine rings is 1. The first-order valence-corrected chi connectivity index (χ1v) is 12.3. The third-order valence-corrected chi connectivity index (χ3v) is 7.25. The molecule has 3 atom stereocenters. The third kappa shape index (κ3) is 3.80. The van der Waals surface area contributed by atoms with Crippen molar-refractivity contribution < 1.29 is 9.47 Å². The summed E-state index contributed by atoms with van der Waals surface area (Å²) in [5.74, 6) is 1.46. The number of hydrogen-bond acceptors (Lipinski definition) is 6. The lowest BCUT2D eigenvalue weighted by molar-refractivity contribution is 0.0450. The lowest BCUT2D eigenvalue weighted by atomic mass is 10.0. The normalized spacial score (nSPS) is 22.7. The molecule has 1 fully saturated rings. The van der Waals surface area contributed by atoms with E-state index in [1.54, 1.807) is 0 Å². The second-order valence-corrected chi connectivity index (χ2v) is 9.51. The van der Waals surface area contributed by atoms with Crippen molar-refractivity contribution in [3.05, 3.63) is 41.3 Å². The fraction of sp³-hybridized carbons (Fsp3) is 0.423. The average Bonchev–Trinajstić information content (AvgIpc) is 3.50. The largest absolute Gasteiger partial charge is 0.476 e. The Balaban J connectivity index is 1.54. The molecular formula is C26H31N7O2. The number of H-pyrrole nitrogens is 1. The molecule has 1 N–H and O–H groups in total. The molecule has 182 valence electrons. The Labute approximate surface area is 204 Å². The van der Waals surface area contributed by atoms with E-state index in [2.05, 4.69) is 51.4 Å². The number of ether oxygens (including phenoxy) is 2. The number of aromatic amines is 1. The molecule has 0 radical (unpaired) electrons. The highest BCUT2D eigenvalue weighted by molar-refractivity contribution is 5.93. The molecule has 0 spiro atoms. The van der Waals surface area contributed by atoms with Crippen molar-refractivity contribution in [1.29, 1.82) is 0 Å². The topological polar surface area (TPSA) is 86.0 Å². The number of nitrogens with zero attached hydrogens (tertiary/aromatic N) is 6. The highest BCUT2D eigenvalue weighted by Gasteiger charge is 2.30. The number of fused-ring (bicyclic) bond motifs is 6. The molecule has 5 heterocycles. The van der Waals surface area contributed by atoms with Crippen LogP contribution in [0, 0.1) is 0 Å².